The van der Waals surface area contributed by atoms with Crippen LogP contribution in [-0.2, 0) is 11.3 Å². The molecule has 2 aromatic rings. The summed E-state index contributed by atoms with van der Waals surface area (Å²) in [7, 11) is 1.81. The van der Waals surface area contributed by atoms with Crippen LogP contribution in [-0.4, -0.2) is 24.6 Å². The predicted octanol–water partition coefficient (Wildman–Crippen LogP) is 3.32. The van der Waals surface area contributed by atoms with E-state index < -0.39 is 0 Å². The van der Waals surface area contributed by atoms with Crippen molar-refractivity contribution in [2.75, 3.05) is 13.8 Å². The fourth-order valence-electron chi connectivity index (χ4n) is 3.22. The predicted molar refractivity (Wildman–Crippen MR) is 86.3 cm³/mol. The van der Waals surface area contributed by atoms with Gasteiger partial charge in [0.1, 0.15) is 5.82 Å². The van der Waals surface area contributed by atoms with Crippen molar-refractivity contribution in [1.29, 1.82) is 0 Å². The highest BCUT2D eigenvalue weighted by Crippen LogP contribution is 2.48. The SMILES string of the molecule is CN(Cc1ccc2c(c1)OCO2)C(=O)C1CC1c1ccc(F)cc1. The molecule has 2 aromatic carbocycles. The Kier molecular flexibility index (Phi) is 3.63. The first-order chi connectivity index (χ1) is 11.6. The van der Waals surface area contributed by atoms with Crippen LogP contribution in [0.1, 0.15) is 23.5 Å². The van der Waals surface area contributed by atoms with Crippen molar-refractivity contribution >= 4 is 5.91 Å². The summed E-state index contributed by atoms with van der Waals surface area (Å²) in [6.07, 6.45) is 0.829. The molecule has 4 rings (SSSR count). The van der Waals surface area contributed by atoms with Gasteiger partial charge in [0, 0.05) is 19.5 Å². The molecule has 4 nitrogen and oxygen atoms in total. The van der Waals surface area contributed by atoms with Gasteiger partial charge < -0.3 is 14.4 Å². The molecule has 2 unspecified atom stereocenters. The van der Waals surface area contributed by atoms with E-state index in [9.17, 15) is 9.18 Å². The average Bonchev–Trinajstić information content (AvgIpc) is 3.24. The van der Waals surface area contributed by atoms with E-state index in [1.807, 2.05) is 25.2 Å². The summed E-state index contributed by atoms with van der Waals surface area (Å²) in [4.78, 5) is 14.3. The van der Waals surface area contributed by atoms with Crippen molar-refractivity contribution in [1.82, 2.24) is 4.90 Å². The van der Waals surface area contributed by atoms with Crippen LogP contribution in [0.4, 0.5) is 4.39 Å². The first-order valence-corrected chi connectivity index (χ1v) is 8.01. The fraction of sp³-hybridized carbons (Fsp3) is 0.316. The Morgan fingerprint density at radius 1 is 1.17 bits per heavy atom. The van der Waals surface area contributed by atoms with E-state index in [1.54, 1.807) is 17.0 Å². The van der Waals surface area contributed by atoms with Gasteiger partial charge in [-0.05, 0) is 47.7 Å². The molecular formula is C19H18FNO3. The zero-order valence-corrected chi connectivity index (χ0v) is 13.4. The second-order valence-electron chi connectivity index (χ2n) is 6.38. The number of benzene rings is 2. The fourth-order valence-corrected chi connectivity index (χ4v) is 3.22. The van der Waals surface area contributed by atoms with Crippen LogP contribution < -0.4 is 9.47 Å². The van der Waals surface area contributed by atoms with Crippen LogP contribution >= 0.6 is 0 Å². The molecule has 2 atom stereocenters. The molecule has 0 N–H and O–H groups in total. The van der Waals surface area contributed by atoms with Crippen LogP contribution in [0.2, 0.25) is 0 Å². The zero-order chi connectivity index (χ0) is 16.7. The highest BCUT2D eigenvalue weighted by Gasteiger charge is 2.45. The second-order valence-corrected chi connectivity index (χ2v) is 6.38. The maximum absolute atomic E-state index is 13.0. The normalized spacial score (nSPS) is 20.8. The Hall–Kier alpha value is -2.56. The van der Waals surface area contributed by atoms with Gasteiger partial charge in [0.05, 0.1) is 0 Å². The second kappa shape index (κ2) is 5.82. The standard InChI is InChI=1S/C19H18FNO3/c1-21(10-12-2-7-17-18(8-12)24-11-23-17)19(22)16-9-15(16)13-3-5-14(20)6-4-13/h2-8,15-16H,9-11H2,1H3. The van der Waals surface area contributed by atoms with E-state index in [4.69, 9.17) is 9.47 Å². The highest BCUT2D eigenvalue weighted by molar-refractivity contribution is 5.82. The maximum atomic E-state index is 13.0. The van der Waals surface area contributed by atoms with Gasteiger partial charge in [-0.2, -0.15) is 0 Å². The van der Waals surface area contributed by atoms with Gasteiger partial charge in [-0.3, -0.25) is 4.79 Å². The molecule has 1 amide bonds. The van der Waals surface area contributed by atoms with Gasteiger partial charge in [0.2, 0.25) is 12.7 Å². The van der Waals surface area contributed by atoms with Gasteiger partial charge >= 0.3 is 0 Å². The topological polar surface area (TPSA) is 38.8 Å². The van der Waals surface area contributed by atoms with E-state index >= 15 is 0 Å². The third-order valence-corrected chi connectivity index (χ3v) is 4.64. The molecule has 0 saturated heterocycles. The molecule has 1 aliphatic carbocycles. The molecule has 0 radical (unpaired) electrons. The summed E-state index contributed by atoms with van der Waals surface area (Å²) >= 11 is 0. The van der Waals surface area contributed by atoms with Gasteiger partial charge in [0.15, 0.2) is 11.5 Å². The van der Waals surface area contributed by atoms with Crippen LogP contribution in [0.15, 0.2) is 42.5 Å². The number of rotatable bonds is 4. The van der Waals surface area contributed by atoms with E-state index in [2.05, 4.69) is 0 Å². The van der Waals surface area contributed by atoms with Gasteiger partial charge in [0.25, 0.3) is 0 Å². The van der Waals surface area contributed by atoms with Crippen molar-refractivity contribution in [3.8, 4) is 11.5 Å². The van der Waals surface area contributed by atoms with Crippen LogP contribution in [0.3, 0.4) is 0 Å². The van der Waals surface area contributed by atoms with Crippen molar-refractivity contribution in [3.05, 3.63) is 59.4 Å². The molecule has 1 saturated carbocycles. The molecule has 0 spiro atoms. The summed E-state index contributed by atoms with van der Waals surface area (Å²) in [5, 5.41) is 0. The summed E-state index contributed by atoms with van der Waals surface area (Å²) < 4.78 is 23.7. The number of ether oxygens (including phenoxy) is 2. The number of fused-ring (bicyclic) bond motifs is 1. The van der Waals surface area contributed by atoms with Crippen LogP contribution in [0.5, 0.6) is 11.5 Å². The monoisotopic (exact) mass is 327 g/mol. The Bertz CT molecular complexity index is 775. The smallest absolute Gasteiger partial charge is 0.231 e. The number of carbonyl (C=O) groups excluding carboxylic acids is 1. The largest absolute Gasteiger partial charge is 0.454 e. The lowest BCUT2D eigenvalue weighted by atomic mass is 10.1. The molecule has 1 aliphatic heterocycles. The number of carbonyl (C=O) groups is 1. The van der Waals surface area contributed by atoms with Crippen molar-refractivity contribution < 1.29 is 18.7 Å². The summed E-state index contributed by atoms with van der Waals surface area (Å²) in [6.45, 7) is 0.775. The molecule has 5 heteroatoms. The molecule has 24 heavy (non-hydrogen) atoms. The van der Waals surface area contributed by atoms with E-state index in [0.29, 0.717) is 6.54 Å². The minimum atomic E-state index is -0.248. The summed E-state index contributed by atoms with van der Waals surface area (Å²) in [6, 6.07) is 12.2. The Morgan fingerprint density at radius 2 is 1.92 bits per heavy atom. The number of hydrogen-bond acceptors (Lipinski definition) is 3. The zero-order valence-electron chi connectivity index (χ0n) is 13.4. The minimum absolute atomic E-state index is 0.00512. The lowest BCUT2D eigenvalue weighted by Crippen LogP contribution is -2.28. The number of amides is 1. The van der Waals surface area contributed by atoms with Crippen LogP contribution in [0, 0.1) is 11.7 Å². The molecule has 0 aromatic heterocycles. The quantitative estimate of drug-likeness (QED) is 0.865. The molecule has 1 fully saturated rings. The molecule has 124 valence electrons. The van der Waals surface area contributed by atoms with Crippen molar-refractivity contribution in [2.45, 2.75) is 18.9 Å². The number of halogens is 1. The number of hydrogen-bond donors (Lipinski definition) is 0. The first kappa shape index (κ1) is 15.0. The minimum Gasteiger partial charge on any atom is -0.454 e. The summed E-state index contributed by atoms with van der Waals surface area (Å²) in [5.41, 5.74) is 2.04. The molecule has 2 aliphatic rings. The maximum Gasteiger partial charge on any atom is 0.231 e. The Morgan fingerprint density at radius 3 is 2.71 bits per heavy atom. The van der Waals surface area contributed by atoms with E-state index in [-0.39, 0.29) is 30.4 Å². The Balaban J connectivity index is 1.39. The van der Waals surface area contributed by atoms with Crippen molar-refractivity contribution in [3.63, 3.8) is 0 Å². The average molecular weight is 327 g/mol. The summed E-state index contributed by atoms with van der Waals surface area (Å²) in [5.74, 6) is 1.55. The van der Waals surface area contributed by atoms with Gasteiger partial charge in [-0.15, -0.1) is 0 Å². The molecular weight excluding hydrogens is 309 g/mol. The lowest BCUT2D eigenvalue weighted by Gasteiger charge is -2.17. The highest BCUT2D eigenvalue weighted by atomic mass is 19.1. The number of nitrogens with zero attached hydrogens (tertiary/aromatic N) is 1. The van der Waals surface area contributed by atoms with Gasteiger partial charge in [-0.1, -0.05) is 18.2 Å². The van der Waals surface area contributed by atoms with E-state index in [0.717, 1.165) is 29.0 Å². The molecule has 1 heterocycles. The van der Waals surface area contributed by atoms with Crippen LogP contribution in [0.25, 0.3) is 0 Å². The molecule has 0 bridgehead atoms. The third-order valence-electron chi connectivity index (χ3n) is 4.64. The van der Waals surface area contributed by atoms with Gasteiger partial charge in [-0.25, -0.2) is 4.39 Å². The lowest BCUT2D eigenvalue weighted by molar-refractivity contribution is -0.131. The van der Waals surface area contributed by atoms with E-state index in [1.165, 1.54) is 12.1 Å². The van der Waals surface area contributed by atoms with Crippen molar-refractivity contribution in [2.24, 2.45) is 5.92 Å². The first-order valence-electron chi connectivity index (χ1n) is 8.01. The third kappa shape index (κ3) is 2.82. The Labute approximate surface area is 139 Å².